The average molecular weight is 355 g/mol. The van der Waals surface area contributed by atoms with Gasteiger partial charge in [0, 0.05) is 11.1 Å². The van der Waals surface area contributed by atoms with Gasteiger partial charge in [0.15, 0.2) is 8.32 Å². The van der Waals surface area contributed by atoms with E-state index in [1.807, 2.05) is 6.08 Å². The van der Waals surface area contributed by atoms with Crippen molar-refractivity contribution in [2.45, 2.75) is 51.7 Å². The molecule has 0 atom stereocenters. The van der Waals surface area contributed by atoms with Crippen LogP contribution >= 0.6 is 15.9 Å². The van der Waals surface area contributed by atoms with E-state index in [0.717, 1.165) is 19.4 Å². The Kier molecular flexibility index (Phi) is 6.23. The fraction of sp³-hybridized carbons (Fsp3) is 0.529. The zero-order valence-electron chi connectivity index (χ0n) is 13.4. The minimum atomic E-state index is -1.61. The van der Waals surface area contributed by atoms with Crippen molar-refractivity contribution in [1.82, 2.24) is 0 Å². The first kappa shape index (κ1) is 17.7. The van der Waals surface area contributed by atoms with Gasteiger partial charge in [0.05, 0.1) is 0 Å². The fourth-order valence-electron chi connectivity index (χ4n) is 1.82. The average Bonchev–Trinajstić information content (AvgIpc) is 2.34. The Labute approximate surface area is 133 Å². The van der Waals surface area contributed by atoms with E-state index in [0.29, 0.717) is 0 Å². The first-order valence-corrected chi connectivity index (χ1v) is 10.9. The van der Waals surface area contributed by atoms with Crippen LogP contribution in [0.1, 0.15) is 38.3 Å². The highest BCUT2D eigenvalue weighted by Gasteiger charge is 2.36. The highest BCUT2D eigenvalue weighted by molar-refractivity contribution is 9.10. The normalized spacial score (nSPS) is 12.5. The van der Waals surface area contributed by atoms with Crippen LogP contribution in [0.2, 0.25) is 18.1 Å². The number of halogens is 1. The Hall–Kier alpha value is -0.383. The summed E-state index contributed by atoms with van der Waals surface area (Å²) in [4.78, 5) is 0. The van der Waals surface area contributed by atoms with Gasteiger partial charge in [0.1, 0.15) is 0 Å². The Morgan fingerprint density at radius 1 is 1.30 bits per heavy atom. The van der Waals surface area contributed by atoms with E-state index >= 15 is 0 Å². The van der Waals surface area contributed by atoms with E-state index in [1.54, 1.807) is 0 Å². The monoisotopic (exact) mass is 354 g/mol. The van der Waals surface area contributed by atoms with Crippen molar-refractivity contribution in [3.05, 3.63) is 40.4 Å². The summed E-state index contributed by atoms with van der Waals surface area (Å²) in [5, 5.41) is 0.284. The second-order valence-electron chi connectivity index (χ2n) is 6.72. The van der Waals surface area contributed by atoms with Gasteiger partial charge >= 0.3 is 0 Å². The van der Waals surface area contributed by atoms with Gasteiger partial charge in [0.2, 0.25) is 0 Å². The third kappa shape index (κ3) is 4.57. The molecule has 0 aliphatic rings. The van der Waals surface area contributed by atoms with E-state index < -0.39 is 8.32 Å². The maximum absolute atomic E-state index is 6.23. The van der Waals surface area contributed by atoms with Crippen LogP contribution in [0, 0.1) is 0 Å². The molecule has 0 bridgehead atoms. The predicted molar refractivity (Wildman–Crippen MR) is 95.7 cm³/mol. The molecule has 112 valence electrons. The summed E-state index contributed by atoms with van der Waals surface area (Å²) in [5.41, 5.74) is 2.55. The molecule has 0 aliphatic heterocycles. The third-order valence-electron chi connectivity index (χ3n) is 4.22. The van der Waals surface area contributed by atoms with E-state index in [2.05, 4.69) is 74.6 Å². The molecule has 0 spiro atoms. The van der Waals surface area contributed by atoms with Crippen molar-refractivity contribution >= 4 is 30.3 Å². The largest absolute Gasteiger partial charge is 0.417 e. The summed E-state index contributed by atoms with van der Waals surface area (Å²) in [6.07, 6.45) is 4.00. The lowest BCUT2D eigenvalue weighted by atomic mass is 10.0. The zero-order chi connectivity index (χ0) is 15.4. The Bertz CT molecular complexity index is 461. The fourth-order valence-corrected chi connectivity index (χ4v) is 3.49. The minimum absolute atomic E-state index is 0.284. The van der Waals surface area contributed by atoms with Gasteiger partial charge in [-0.3, -0.25) is 0 Å². The Balaban J connectivity index is 2.56. The van der Waals surface area contributed by atoms with E-state index in [4.69, 9.17) is 4.43 Å². The van der Waals surface area contributed by atoms with Crippen molar-refractivity contribution < 1.29 is 4.43 Å². The summed E-state index contributed by atoms with van der Waals surface area (Å²) in [5.74, 6) is 0. The predicted octanol–water partition coefficient (Wildman–Crippen LogP) is 6.05. The Morgan fingerprint density at radius 2 is 1.95 bits per heavy atom. The van der Waals surface area contributed by atoms with Crippen molar-refractivity contribution in [3.8, 4) is 0 Å². The molecule has 0 saturated carbocycles. The molecular formula is C17H27BrOSi. The first-order valence-electron chi connectivity index (χ1n) is 7.23. The lowest BCUT2D eigenvalue weighted by Crippen LogP contribution is -2.41. The molecule has 20 heavy (non-hydrogen) atoms. The molecular weight excluding hydrogens is 328 g/mol. The maximum Gasteiger partial charge on any atom is 0.191 e. The summed E-state index contributed by atoms with van der Waals surface area (Å²) in [6, 6.07) is 6.26. The van der Waals surface area contributed by atoms with Gasteiger partial charge in [0.25, 0.3) is 0 Å². The van der Waals surface area contributed by atoms with Gasteiger partial charge in [-0.05, 0) is 48.2 Å². The summed E-state index contributed by atoms with van der Waals surface area (Å²) < 4.78 is 7.40. The lowest BCUT2D eigenvalue weighted by molar-refractivity contribution is 0.282. The second kappa shape index (κ2) is 7.06. The third-order valence-corrected chi connectivity index (χ3v) is 9.50. The van der Waals surface area contributed by atoms with Crippen molar-refractivity contribution in [1.29, 1.82) is 0 Å². The highest BCUT2D eigenvalue weighted by atomic mass is 79.9. The van der Waals surface area contributed by atoms with Crippen LogP contribution in [0.4, 0.5) is 0 Å². The molecule has 0 heterocycles. The van der Waals surface area contributed by atoms with Crippen LogP contribution in [0.15, 0.2) is 29.3 Å². The molecule has 0 unspecified atom stereocenters. The number of rotatable bonds is 6. The molecule has 0 saturated heterocycles. The van der Waals surface area contributed by atoms with Gasteiger partial charge in [-0.15, -0.1) is 0 Å². The molecule has 1 aromatic rings. The molecule has 0 N–H and O–H groups in total. The first-order chi connectivity index (χ1) is 9.19. The van der Waals surface area contributed by atoms with Gasteiger partial charge in [-0.2, -0.15) is 0 Å². The van der Waals surface area contributed by atoms with E-state index in [1.165, 1.54) is 15.6 Å². The minimum Gasteiger partial charge on any atom is -0.417 e. The highest BCUT2D eigenvalue weighted by Crippen LogP contribution is 2.36. The molecule has 1 nitrogen and oxygen atoms in total. The number of hydrogen-bond donors (Lipinski definition) is 0. The van der Waals surface area contributed by atoms with E-state index in [-0.39, 0.29) is 5.04 Å². The van der Waals surface area contributed by atoms with Crippen LogP contribution in [0.5, 0.6) is 0 Å². The van der Waals surface area contributed by atoms with Gasteiger partial charge in [-0.1, -0.05) is 61.5 Å². The maximum atomic E-state index is 6.23. The van der Waals surface area contributed by atoms with Gasteiger partial charge in [-0.25, -0.2) is 0 Å². The molecule has 0 radical (unpaired) electrons. The molecule has 3 heteroatoms. The molecule has 0 aromatic heterocycles. The SMILES string of the molecule is C=Cc1cccc(Br)c1CCCO[Si](C)(C)C(C)(C)C. The standard InChI is InChI=1S/C17H27BrOSi/c1-7-14-10-8-12-16(18)15(14)11-9-13-19-20(5,6)17(2,3)4/h7-8,10,12H,1,9,11,13H2,2-6H3. The van der Waals surface area contributed by atoms with Crippen molar-refractivity contribution in [2.75, 3.05) is 6.61 Å². The molecule has 0 fully saturated rings. The van der Waals surface area contributed by atoms with Crippen LogP contribution < -0.4 is 0 Å². The topological polar surface area (TPSA) is 9.23 Å². The quantitative estimate of drug-likeness (QED) is 0.446. The number of hydrogen-bond acceptors (Lipinski definition) is 1. The summed E-state index contributed by atoms with van der Waals surface area (Å²) in [6.45, 7) is 16.2. The van der Waals surface area contributed by atoms with Crippen LogP contribution in [0.25, 0.3) is 6.08 Å². The molecule has 1 aromatic carbocycles. The van der Waals surface area contributed by atoms with Crippen molar-refractivity contribution in [3.63, 3.8) is 0 Å². The Morgan fingerprint density at radius 3 is 2.50 bits per heavy atom. The lowest BCUT2D eigenvalue weighted by Gasteiger charge is -2.36. The smallest absolute Gasteiger partial charge is 0.191 e. The zero-order valence-corrected chi connectivity index (χ0v) is 16.0. The number of benzene rings is 1. The second-order valence-corrected chi connectivity index (χ2v) is 12.4. The van der Waals surface area contributed by atoms with Crippen LogP contribution in [-0.2, 0) is 10.8 Å². The van der Waals surface area contributed by atoms with Crippen LogP contribution in [0.3, 0.4) is 0 Å². The molecule has 1 rings (SSSR count). The molecule has 0 aliphatic carbocycles. The molecule has 0 amide bonds. The summed E-state index contributed by atoms with van der Waals surface area (Å²) in [7, 11) is -1.61. The van der Waals surface area contributed by atoms with Crippen LogP contribution in [-0.4, -0.2) is 14.9 Å². The van der Waals surface area contributed by atoms with E-state index in [9.17, 15) is 0 Å². The van der Waals surface area contributed by atoms with Gasteiger partial charge < -0.3 is 4.43 Å². The summed E-state index contributed by atoms with van der Waals surface area (Å²) >= 11 is 3.63. The van der Waals surface area contributed by atoms with Crippen molar-refractivity contribution in [2.24, 2.45) is 0 Å².